The van der Waals surface area contributed by atoms with Crippen LogP contribution < -0.4 is 11.1 Å². The lowest BCUT2D eigenvalue weighted by Crippen LogP contribution is -2.44. The van der Waals surface area contributed by atoms with Gasteiger partial charge in [-0.3, -0.25) is 4.99 Å². The summed E-state index contributed by atoms with van der Waals surface area (Å²) in [5.74, 6) is 1.10. The van der Waals surface area contributed by atoms with Crippen LogP contribution in [0.2, 0.25) is 0 Å². The highest BCUT2D eigenvalue weighted by Gasteiger charge is 2.28. The predicted octanol–water partition coefficient (Wildman–Crippen LogP) is 2.39. The quantitative estimate of drug-likeness (QED) is 0.459. The lowest BCUT2D eigenvalue weighted by atomic mass is 9.87. The molecular formula is C16H21N5O. The molecule has 0 aromatic carbocycles. The zero-order chi connectivity index (χ0) is 15.7. The van der Waals surface area contributed by atoms with Crippen molar-refractivity contribution in [3.63, 3.8) is 0 Å². The molecule has 6 heteroatoms. The monoisotopic (exact) mass is 299 g/mol. The van der Waals surface area contributed by atoms with Crippen molar-refractivity contribution < 1.29 is 4.74 Å². The Morgan fingerprint density at radius 2 is 2.32 bits per heavy atom. The Morgan fingerprint density at radius 1 is 1.55 bits per heavy atom. The standard InChI is InChI=1S/C16H21N5O/c1-9(2)22-16(18-3)13-8-20-15-12(4-5-19-15)14(13)21-11-6-10(17)7-11/h4-5,8,10-11H,1,6-7,17H2,2-3H3,(H2,19,20,21)/b18-16-/t10-,11+. The maximum absolute atomic E-state index is 5.89. The fourth-order valence-electron chi connectivity index (χ4n) is 2.70. The van der Waals surface area contributed by atoms with E-state index in [1.807, 2.05) is 12.3 Å². The second-order valence-electron chi connectivity index (χ2n) is 5.69. The third-order valence-corrected chi connectivity index (χ3v) is 3.81. The Morgan fingerprint density at radius 3 is 2.95 bits per heavy atom. The first-order valence-electron chi connectivity index (χ1n) is 7.37. The molecular weight excluding hydrogens is 278 g/mol. The lowest BCUT2D eigenvalue weighted by Gasteiger charge is -2.34. The third-order valence-electron chi connectivity index (χ3n) is 3.81. The Labute approximate surface area is 129 Å². The van der Waals surface area contributed by atoms with Crippen LogP contribution in [0.1, 0.15) is 25.3 Å². The van der Waals surface area contributed by atoms with Crippen LogP contribution in [0.5, 0.6) is 0 Å². The summed E-state index contributed by atoms with van der Waals surface area (Å²) in [7, 11) is 1.70. The molecule has 0 unspecified atom stereocenters. The number of aromatic amines is 1. The van der Waals surface area contributed by atoms with Crippen molar-refractivity contribution in [2.24, 2.45) is 10.7 Å². The van der Waals surface area contributed by atoms with Gasteiger partial charge in [0.2, 0.25) is 5.90 Å². The van der Waals surface area contributed by atoms with Gasteiger partial charge < -0.3 is 20.8 Å². The number of allylic oxidation sites excluding steroid dienone is 1. The number of rotatable bonds is 4. The minimum Gasteiger partial charge on any atom is -0.444 e. The van der Waals surface area contributed by atoms with Crippen LogP contribution in [-0.2, 0) is 4.74 Å². The number of aliphatic imine (C=N–C) groups is 1. The van der Waals surface area contributed by atoms with E-state index in [2.05, 4.69) is 26.9 Å². The van der Waals surface area contributed by atoms with Crippen molar-refractivity contribution in [3.8, 4) is 0 Å². The maximum atomic E-state index is 5.89. The topological polar surface area (TPSA) is 88.3 Å². The van der Waals surface area contributed by atoms with E-state index in [1.54, 1.807) is 20.2 Å². The van der Waals surface area contributed by atoms with Crippen LogP contribution in [0.25, 0.3) is 11.0 Å². The van der Waals surface area contributed by atoms with Gasteiger partial charge in [0.05, 0.1) is 17.0 Å². The third kappa shape index (κ3) is 2.69. The molecule has 2 aromatic rings. The van der Waals surface area contributed by atoms with E-state index >= 15 is 0 Å². The molecule has 116 valence electrons. The molecule has 1 aliphatic carbocycles. The first-order valence-corrected chi connectivity index (χ1v) is 7.37. The summed E-state index contributed by atoms with van der Waals surface area (Å²) in [6.07, 6.45) is 5.58. The SMILES string of the molecule is C=C(C)O/C(=N\C)c1cnc2[nH]ccc2c1N[C@H]1C[C@@H](N)C1. The summed E-state index contributed by atoms with van der Waals surface area (Å²) >= 11 is 0. The molecule has 0 bridgehead atoms. The number of nitrogens with one attached hydrogen (secondary N) is 2. The number of ether oxygens (including phenoxy) is 1. The molecule has 0 amide bonds. The van der Waals surface area contributed by atoms with Gasteiger partial charge in [-0.1, -0.05) is 6.58 Å². The second kappa shape index (κ2) is 5.81. The van der Waals surface area contributed by atoms with Crippen LogP contribution in [0.15, 0.2) is 35.8 Å². The van der Waals surface area contributed by atoms with Crippen molar-refractivity contribution in [2.75, 3.05) is 12.4 Å². The molecule has 0 spiro atoms. The van der Waals surface area contributed by atoms with Gasteiger partial charge in [0.1, 0.15) is 5.65 Å². The van der Waals surface area contributed by atoms with Gasteiger partial charge in [-0.05, 0) is 25.8 Å². The molecule has 3 rings (SSSR count). The number of nitrogens with zero attached hydrogens (tertiary/aromatic N) is 2. The first kappa shape index (κ1) is 14.6. The zero-order valence-corrected chi connectivity index (χ0v) is 12.9. The average Bonchev–Trinajstić information content (AvgIpc) is 2.92. The van der Waals surface area contributed by atoms with Gasteiger partial charge in [0.25, 0.3) is 0 Å². The smallest absolute Gasteiger partial charge is 0.224 e. The molecule has 1 fully saturated rings. The van der Waals surface area contributed by atoms with Gasteiger partial charge in [0.15, 0.2) is 0 Å². The second-order valence-corrected chi connectivity index (χ2v) is 5.69. The summed E-state index contributed by atoms with van der Waals surface area (Å²) in [5, 5.41) is 4.58. The molecule has 1 aliphatic rings. The van der Waals surface area contributed by atoms with Crippen molar-refractivity contribution in [2.45, 2.75) is 31.8 Å². The molecule has 4 N–H and O–H groups in total. The van der Waals surface area contributed by atoms with Crippen LogP contribution in [0.4, 0.5) is 5.69 Å². The molecule has 0 radical (unpaired) electrons. The number of aromatic nitrogens is 2. The number of fused-ring (bicyclic) bond motifs is 1. The molecule has 1 saturated carbocycles. The van der Waals surface area contributed by atoms with Gasteiger partial charge in [-0.2, -0.15) is 0 Å². The summed E-state index contributed by atoms with van der Waals surface area (Å²) < 4.78 is 5.65. The number of nitrogens with two attached hydrogens (primary N) is 1. The largest absolute Gasteiger partial charge is 0.444 e. The van der Waals surface area contributed by atoms with E-state index in [-0.39, 0.29) is 6.04 Å². The van der Waals surface area contributed by atoms with Crippen molar-refractivity contribution >= 4 is 22.6 Å². The summed E-state index contributed by atoms with van der Waals surface area (Å²) in [5.41, 5.74) is 8.53. The summed E-state index contributed by atoms with van der Waals surface area (Å²) in [6.45, 7) is 5.58. The lowest BCUT2D eigenvalue weighted by molar-refractivity contribution is 0.373. The minimum absolute atomic E-state index is 0.287. The molecule has 0 aliphatic heterocycles. The van der Waals surface area contributed by atoms with E-state index in [1.165, 1.54) is 0 Å². The number of hydrogen-bond acceptors (Lipinski definition) is 5. The van der Waals surface area contributed by atoms with Crippen LogP contribution in [0, 0.1) is 0 Å². The Hall–Kier alpha value is -2.34. The molecule has 0 saturated heterocycles. The molecule has 22 heavy (non-hydrogen) atoms. The zero-order valence-electron chi connectivity index (χ0n) is 12.9. The van der Waals surface area contributed by atoms with Crippen LogP contribution in [-0.4, -0.2) is 35.0 Å². The van der Waals surface area contributed by atoms with Crippen molar-refractivity contribution in [1.82, 2.24) is 9.97 Å². The maximum Gasteiger partial charge on any atom is 0.224 e. The number of hydrogen-bond donors (Lipinski definition) is 3. The van der Waals surface area contributed by atoms with Crippen LogP contribution in [0.3, 0.4) is 0 Å². The first-order chi connectivity index (χ1) is 10.6. The highest BCUT2D eigenvalue weighted by Crippen LogP contribution is 2.31. The molecule has 2 heterocycles. The van der Waals surface area contributed by atoms with Gasteiger partial charge >= 0.3 is 0 Å². The minimum atomic E-state index is 0.287. The van der Waals surface area contributed by atoms with E-state index in [0.29, 0.717) is 17.7 Å². The Kier molecular flexibility index (Phi) is 3.85. The summed E-state index contributed by atoms with van der Waals surface area (Å²) in [4.78, 5) is 11.8. The van der Waals surface area contributed by atoms with Gasteiger partial charge in [0, 0.05) is 36.9 Å². The average molecular weight is 299 g/mol. The van der Waals surface area contributed by atoms with Gasteiger partial charge in [-0.15, -0.1) is 0 Å². The number of H-pyrrole nitrogens is 1. The fraction of sp³-hybridized carbons (Fsp3) is 0.375. The number of pyridine rings is 1. The fourth-order valence-corrected chi connectivity index (χ4v) is 2.70. The normalized spacial score (nSPS) is 21.5. The van der Waals surface area contributed by atoms with Gasteiger partial charge in [-0.25, -0.2) is 4.98 Å². The Balaban J connectivity index is 2.02. The Bertz CT molecular complexity index is 727. The number of anilines is 1. The highest BCUT2D eigenvalue weighted by molar-refractivity contribution is 6.06. The van der Waals surface area contributed by atoms with Crippen molar-refractivity contribution in [1.29, 1.82) is 0 Å². The summed E-state index contributed by atoms with van der Waals surface area (Å²) in [6, 6.07) is 2.66. The van der Waals surface area contributed by atoms with Crippen LogP contribution >= 0.6 is 0 Å². The van der Waals surface area contributed by atoms with E-state index in [9.17, 15) is 0 Å². The van der Waals surface area contributed by atoms with Crippen molar-refractivity contribution in [3.05, 3.63) is 36.4 Å². The van der Waals surface area contributed by atoms with E-state index < -0.39 is 0 Å². The molecule has 6 nitrogen and oxygen atoms in total. The molecule has 0 atom stereocenters. The molecule has 2 aromatic heterocycles. The van der Waals surface area contributed by atoms with E-state index in [0.717, 1.165) is 35.1 Å². The highest BCUT2D eigenvalue weighted by atomic mass is 16.5. The predicted molar refractivity (Wildman–Crippen MR) is 89.1 cm³/mol. The van der Waals surface area contributed by atoms with E-state index in [4.69, 9.17) is 10.5 Å².